The van der Waals surface area contributed by atoms with E-state index in [1.54, 1.807) is 23.2 Å². The van der Waals surface area contributed by atoms with E-state index in [9.17, 15) is 22.8 Å². The molecule has 1 aliphatic heterocycles. The lowest BCUT2D eigenvalue weighted by atomic mass is 9.96. The van der Waals surface area contributed by atoms with Gasteiger partial charge in [0.15, 0.2) is 0 Å². The van der Waals surface area contributed by atoms with Gasteiger partial charge < -0.3 is 10.2 Å². The summed E-state index contributed by atoms with van der Waals surface area (Å²) in [7, 11) is 0. The fourth-order valence-corrected chi connectivity index (χ4v) is 3.19. The Labute approximate surface area is 160 Å². The monoisotopic (exact) mass is 391 g/mol. The first-order valence-electron chi connectivity index (χ1n) is 8.99. The summed E-state index contributed by atoms with van der Waals surface area (Å²) in [5.41, 5.74) is -0.319. The highest BCUT2D eigenvalue weighted by Gasteiger charge is 2.31. The fourth-order valence-electron chi connectivity index (χ4n) is 3.19. The molecule has 1 saturated heterocycles. The predicted octanol–water partition coefficient (Wildman–Crippen LogP) is 3.38. The Kier molecular flexibility index (Phi) is 5.96. The average molecular weight is 391 g/mol. The van der Waals surface area contributed by atoms with E-state index in [0.717, 1.165) is 25.0 Å². The lowest BCUT2D eigenvalue weighted by molar-refractivity contribution is -0.137. The Morgan fingerprint density at radius 2 is 1.82 bits per heavy atom. The number of carbonyl (C=O) groups is 2. The van der Waals surface area contributed by atoms with E-state index in [0.29, 0.717) is 25.2 Å². The van der Waals surface area contributed by atoms with Crippen molar-refractivity contribution in [1.29, 1.82) is 0 Å². The van der Waals surface area contributed by atoms with Crippen molar-refractivity contribution in [1.82, 2.24) is 15.2 Å². The van der Waals surface area contributed by atoms with Gasteiger partial charge in [0, 0.05) is 37.6 Å². The highest BCUT2D eigenvalue weighted by molar-refractivity contribution is 5.94. The van der Waals surface area contributed by atoms with Crippen LogP contribution in [0.4, 0.5) is 13.2 Å². The highest BCUT2D eigenvalue weighted by Crippen LogP contribution is 2.29. The molecule has 28 heavy (non-hydrogen) atoms. The number of alkyl halides is 3. The molecule has 1 aliphatic rings. The fraction of sp³-hybridized carbons (Fsp3) is 0.350. The zero-order chi connectivity index (χ0) is 20.1. The molecule has 0 unspecified atom stereocenters. The van der Waals surface area contributed by atoms with Crippen LogP contribution in [0.15, 0.2) is 48.8 Å². The van der Waals surface area contributed by atoms with Gasteiger partial charge in [0.25, 0.3) is 11.8 Å². The van der Waals surface area contributed by atoms with Crippen LogP contribution in [0.25, 0.3) is 0 Å². The van der Waals surface area contributed by atoms with Gasteiger partial charge in [0.2, 0.25) is 0 Å². The molecule has 2 amide bonds. The molecule has 0 radical (unpaired) electrons. The van der Waals surface area contributed by atoms with E-state index in [1.165, 1.54) is 18.3 Å². The van der Waals surface area contributed by atoms with E-state index >= 15 is 0 Å². The van der Waals surface area contributed by atoms with Gasteiger partial charge in [0.05, 0.1) is 11.1 Å². The Morgan fingerprint density at radius 1 is 1.11 bits per heavy atom. The number of pyridine rings is 1. The van der Waals surface area contributed by atoms with E-state index in [4.69, 9.17) is 0 Å². The number of aromatic nitrogens is 1. The van der Waals surface area contributed by atoms with Crippen LogP contribution in [-0.4, -0.2) is 41.3 Å². The molecule has 1 aromatic carbocycles. The summed E-state index contributed by atoms with van der Waals surface area (Å²) >= 11 is 0. The molecule has 148 valence electrons. The number of nitrogens with zero attached hydrogens (tertiary/aromatic N) is 2. The van der Waals surface area contributed by atoms with Gasteiger partial charge in [-0.2, -0.15) is 13.2 Å². The molecule has 0 aliphatic carbocycles. The first kappa shape index (κ1) is 19.9. The molecule has 1 N–H and O–H groups in total. The molecule has 1 fully saturated rings. The summed E-state index contributed by atoms with van der Waals surface area (Å²) in [6, 6.07) is 7.80. The zero-order valence-corrected chi connectivity index (χ0v) is 15.1. The number of benzene rings is 1. The molecule has 0 saturated carbocycles. The van der Waals surface area contributed by atoms with Crippen LogP contribution in [0, 0.1) is 5.92 Å². The first-order valence-corrected chi connectivity index (χ1v) is 8.99. The van der Waals surface area contributed by atoms with Gasteiger partial charge >= 0.3 is 6.18 Å². The molecular formula is C20H20F3N3O2. The third kappa shape index (κ3) is 4.88. The second-order valence-electron chi connectivity index (χ2n) is 6.77. The van der Waals surface area contributed by atoms with Gasteiger partial charge in [-0.05, 0) is 49.1 Å². The van der Waals surface area contributed by atoms with Gasteiger partial charge in [0.1, 0.15) is 0 Å². The number of hydrogen-bond acceptors (Lipinski definition) is 3. The van der Waals surface area contributed by atoms with Crippen LogP contribution >= 0.6 is 0 Å². The van der Waals surface area contributed by atoms with Crippen molar-refractivity contribution >= 4 is 11.8 Å². The second kappa shape index (κ2) is 8.41. The van der Waals surface area contributed by atoms with Crippen molar-refractivity contribution in [3.63, 3.8) is 0 Å². The summed E-state index contributed by atoms with van der Waals surface area (Å²) in [6.07, 6.45) is 0.0908. The second-order valence-corrected chi connectivity index (χ2v) is 6.77. The normalized spacial score (nSPS) is 15.3. The lowest BCUT2D eigenvalue weighted by Crippen LogP contribution is -2.41. The van der Waals surface area contributed by atoms with E-state index in [-0.39, 0.29) is 17.4 Å². The average Bonchev–Trinajstić information content (AvgIpc) is 2.72. The summed E-state index contributed by atoms with van der Waals surface area (Å²) < 4.78 is 38.3. The molecule has 2 heterocycles. The van der Waals surface area contributed by atoms with Crippen LogP contribution in [0.3, 0.4) is 0 Å². The highest BCUT2D eigenvalue weighted by atomic mass is 19.4. The molecule has 5 nitrogen and oxygen atoms in total. The number of nitrogens with one attached hydrogen (secondary N) is 1. The maximum atomic E-state index is 12.8. The smallest absolute Gasteiger partial charge is 0.352 e. The van der Waals surface area contributed by atoms with E-state index in [1.807, 2.05) is 0 Å². The Bertz CT molecular complexity index is 832. The summed E-state index contributed by atoms with van der Waals surface area (Å²) in [6.45, 7) is 1.50. The van der Waals surface area contributed by atoms with Crippen molar-refractivity contribution in [2.45, 2.75) is 19.0 Å². The van der Waals surface area contributed by atoms with Gasteiger partial charge in [-0.25, -0.2) is 0 Å². The Morgan fingerprint density at radius 3 is 2.46 bits per heavy atom. The third-order valence-corrected chi connectivity index (χ3v) is 4.81. The molecule has 2 aromatic rings. The largest absolute Gasteiger partial charge is 0.416 e. The number of rotatable bonds is 4. The number of carbonyl (C=O) groups excluding carboxylic acids is 2. The molecule has 1 aromatic heterocycles. The number of halogens is 3. The topological polar surface area (TPSA) is 62.3 Å². The summed E-state index contributed by atoms with van der Waals surface area (Å²) in [4.78, 5) is 30.3. The van der Waals surface area contributed by atoms with Crippen molar-refractivity contribution < 1.29 is 22.8 Å². The van der Waals surface area contributed by atoms with Gasteiger partial charge in [-0.1, -0.05) is 6.07 Å². The van der Waals surface area contributed by atoms with Crippen LogP contribution in [0.5, 0.6) is 0 Å². The van der Waals surface area contributed by atoms with Crippen LogP contribution < -0.4 is 5.32 Å². The minimum absolute atomic E-state index is 0.0148. The number of amides is 2. The zero-order valence-electron chi connectivity index (χ0n) is 15.1. The van der Waals surface area contributed by atoms with E-state index in [2.05, 4.69) is 10.3 Å². The Balaban J connectivity index is 1.49. The van der Waals surface area contributed by atoms with Crippen molar-refractivity contribution in [2.24, 2.45) is 5.92 Å². The standard InChI is InChI=1S/C20H20F3N3O2/c21-20(22,23)17-5-1-3-15(11-17)18(27)25-12-14-6-9-26(10-7-14)19(28)16-4-2-8-24-13-16/h1-5,8,11,13-14H,6-7,9-10,12H2,(H,25,27). The van der Waals surface area contributed by atoms with Crippen molar-refractivity contribution in [3.05, 3.63) is 65.5 Å². The molecule has 8 heteroatoms. The number of likely N-dealkylation sites (tertiary alicyclic amines) is 1. The Hall–Kier alpha value is -2.90. The maximum absolute atomic E-state index is 12.8. The minimum Gasteiger partial charge on any atom is -0.352 e. The van der Waals surface area contributed by atoms with Crippen molar-refractivity contribution in [2.75, 3.05) is 19.6 Å². The molecule has 0 bridgehead atoms. The van der Waals surface area contributed by atoms with E-state index < -0.39 is 17.6 Å². The summed E-state index contributed by atoms with van der Waals surface area (Å²) in [5, 5.41) is 2.70. The number of hydrogen-bond donors (Lipinski definition) is 1. The van der Waals surface area contributed by atoms with Crippen LogP contribution in [0.1, 0.15) is 39.1 Å². The van der Waals surface area contributed by atoms with Crippen LogP contribution in [0.2, 0.25) is 0 Å². The van der Waals surface area contributed by atoms with Gasteiger partial charge in [-0.3, -0.25) is 14.6 Å². The minimum atomic E-state index is -4.48. The van der Waals surface area contributed by atoms with Crippen LogP contribution in [-0.2, 0) is 6.18 Å². The molecular weight excluding hydrogens is 371 g/mol. The lowest BCUT2D eigenvalue weighted by Gasteiger charge is -2.32. The quantitative estimate of drug-likeness (QED) is 0.869. The molecule has 3 rings (SSSR count). The van der Waals surface area contributed by atoms with Crippen molar-refractivity contribution in [3.8, 4) is 0 Å². The third-order valence-electron chi connectivity index (χ3n) is 4.81. The molecule has 0 spiro atoms. The maximum Gasteiger partial charge on any atom is 0.416 e. The summed E-state index contributed by atoms with van der Waals surface area (Å²) in [5.74, 6) is -0.424. The number of piperidine rings is 1. The first-order chi connectivity index (χ1) is 13.3. The molecule has 0 atom stereocenters. The van der Waals surface area contributed by atoms with Gasteiger partial charge in [-0.15, -0.1) is 0 Å². The SMILES string of the molecule is O=C(NCC1CCN(C(=O)c2cccnc2)CC1)c1cccc(C(F)(F)F)c1. The predicted molar refractivity (Wildman–Crippen MR) is 96.6 cm³/mol.